The first-order valence-electron chi connectivity index (χ1n) is 7.75. The molecule has 4 nitrogen and oxygen atoms in total. The minimum atomic E-state index is -4.52. The van der Waals surface area contributed by atoms with Crippen LogP contribution in [0.4, 0.5) is 13.2 Å². The molecule has 0 N–H and O–H groups in total. The second-order valence-corrected chi connectivity index (χ2v) is 6.10. The summed E-state index contributed by atoms with van der Waals surface area (Å²) < 4.78 is 43.3. The van der Waals surface area contributed by atoms with Crippen molar-refractivity contribution in [3.8, 4) is 5.88 Å². The Morgan fingerprint density at radius 3 is 2.62 bits per heavy atom. The van der Waals surface area contributed by atoms with Crippen LogP contribution in [0, 0.1) is 0 Å². The lowest BCUT2D eigenvalue weighted by atomic mass is 10.1. The van der Waals surface area contributed by atoms with Crippen molar-refractivity contribution < 1.29 is 22.7 Å². The van der Waals surface area contributed by atoms with Crippen LogP contribution in [0.25, 0.3) is 6.08 Å². The molecule has 1 aliphatic heterocycles. The Morgan fingerprint density at radius 2 is 1.92 bits per heavy atom. The molecule has 1 saturated heterocycles. The van der Waals surface area contributed by atoms with Gasteiger partial charge in [-0.05, 0) is 23.8 Å². The number of halogens is 4. The largest absolute Gasteiger partial charge is 0.471 e. The van der Waals surface area contributed by atoms with Gasteiger partial charge in [0.1, 0.15) is 11.8 Å². The van der Waals surface area contributed by atoms with Gasteiger partial charge in [-0.2, -0.15) is 13.2 Å². The van der Waals surface area contributed by atoms with Gasteiger partial charge in [0.15, 0.2) is 0 Å². The van der Waals surface area contributed by atoms with E-state index in [0.717, 1.165) is 11.6 Å². The number of ether oxygens (including phenoxy) is 1. The van der Waals surface area contributed by atoms with Crippen molar-refractivity contribution in [1.82, 2.24) is 9.88 Å². The summed E-state index contributed by atoms with van der Waals surface area (Å²) >= 11 is 6.01. The van der Waals surface area contributed by atoms with Gasteiger partial charge < -0.3 is 9.64 Å². The van der Waals surface area contributed by atoms with Crippen LogP contribution in [-0.4, -0.2) is 35.0 Å². The van der Waals surface area contributed by atoms with Gasteiger partial charge in [-0.25, -0.2) is 4.98 Å². The Balaban J connectivity index is 1.53. The van der Waals surface area contributed by atoms with Crippen LogP contribution < -0.4 is 4.74 Å². The van der Waals surface area contributed by atoms with Crippen molar-refractivity contribution in [1.29, 1.82) is 0 Å². The van der Waals surface area contributed by atoms with Crippen LogP contribution in [0.5, 0.6) is 5.88 Å². The van der Waals surface area contributed by atoms with Crippen LogP contribution >= 0.6 is 11.6 Å². The molecule has 0 saturated carbocycles. The van der Waals surface area contributed by atoms with E-state index in [1.807, 2.05) is 6.07 Å². The summed E-state index contributed by atoms with van der Waals surface area (Å²) in [6.07, 6.45) is -1.89. The van der Waals surface area contributed by atoms with Crippen LogP contribution in [0.3, 0.4) is 0 Å². The number of hydrogen-bond donors (Lipinski definition) is 0. The van der Waals surface area contributed by atoms with Gasteiger partial charge in [-0.1, -0.05) is 35.9 Å². The molecule has 0 bridgehead atoms. The summed E-state index contributed by atoms with van der Waals surface area (Å²) in [4.78, 5) is 17.0. The second-order valence-electron chi connectivity index (χ2n) is 5.70. The highest BCUT2D eigenvalue weighted by atomic mass is 35.5. The number of amides is 1. The number of hydrogen-bond acceptors (Lipinski definition) is 3. The number of alkyl halides is 3. The zero-order valence-electron chi connectivity index (χ0n) is 13.4. The molecule has 0 radical (unpaired) electrons. The Labute approximate surface area is 152 Å². The van der Waals surface area contributed by atoms with Gasteiger partial charge in [-0.3, -0.25) is 4.79 Å². The summed E-state index contributed by atoms with van der Waals surface area (Å²) in [6.45, 7) is 0.563. The van der Waals surface area contributed by atoms with Crippen molar-refractivity contribution in [3.05, 3.63) is 64.8 Å². The molecule has 136 valence electrons. The Kier molecular flexibility index (Phi) is 5.18. The minimum Gasteiger partial charge on any atom is -0.471 e. The highest BCUT2D eigenvalue weighted by molar-refractivity contribution is 6.32. The van der Waals surface area contributed by atoms with Crippen LogP contribution in [-0.2, 0) is 11.0 Å². The zero-order chi connectivity index (χ0) is 18.7. The minimum absolute atomic E-state index is 0.108. The third-order valence-corrected chi connectivity index (χ3v) is 4.12. The fourth-order valence-corrected chi connectivity index (χ4v) is 2.58. The average Bonchev–Trinajstić information content (AvgIpc) is 2.56. The molecule has 26 heavy (non-hydrogen) atoms. The fraction of sp³-hybridized carbons (Fsp3) is 0.222. The molecule has 3 rings (SSSR count). The lowest BCUT2D eigenvalue weighted by Crippen LogP contribution is -2.55. The molecule has 1 amide bonds. The van der Waals surface area contributed by atoms with E-state index in [4.69, 9.17) is 16.3 Å². The van der Waals surface area contributed by atoms with Crippen molar-refractivity contribution in [2.75, 3.05) is 13.1 Å². The van der Waals surface area contributed by atoms with Crippen LogP contribution in [0.15, 0.2) is 48.5 Å². The van der Waals surface area contributed by atoms with E-state index in [1.54, 1.807) is 24.3 Å². The summed E-state index contributed by atoms with van der Waals surface area (Å²) in [5, 5.41) is 0.539. The van der Waals surface area contributed by atoms with E-state index in [9.17, 15) is 18.0 Å². The van der Waals surface area contributed by atoms with Crippen LogP contribution in [0.1, 0.15) is 11.3 Å². The summed E-state index contributed by atoms with van der Waals surface area (Å²) in [7, 11) is 0. The molecule has 0 atom stereocenters. The molecule has 1 fully saturated rings. The zero-order valence-corrected chi connectivity index (χ0v) is 14.2. The Bertz CT molecular complexity index is 833. The lowest BCUT2D eigenvalue weighted by molar-refractivity contribution is -0.141. The Hall–Kier alpha value is -2.54. The first-order valence-corrected chi connectivity index (χ1v) is 8.13. The van der Waals surface area contributed by atoms with Crippen molar-refractivity contribution in [2.24, 2.45) is 0 Å². The maximum absolute atomic E-state index is 12.6. The van der Waals surface area contributed by atoms with Crippen molar-refractivity contribution in [3.63, 3.8) is 0 Å². The van der Waals surface area contributed by atoms with Crippen molar-refractivity contribution >= 4 is 23.6 Å². The predicted molar refractivity (Wildman–Crippen MR) is 90.7 cm³/mol. The van der Waals surface area contributed by atoms with Gasteiger partial charge in [0.2, 0.25) is 11.8 Å². The molecular weight excluding hydrogens is 369 g/mol. The molecule has 1 aromatic heterocycles. The lowest BCUT2D eigenvalue weighted by Gasteiger charge is -2.38. The molecule has 0 spiro atoms. The molecule has 0 aliphatic carbocycles. The normalized spacial score (nSPS) is 15.2. The topological polar surface area (TPSA) is 42.4 Å². The number of carbonyl (C=O) groups excluding carboxylic acids is 1. The van der Waals surface area contributed by atoms with E-state index >= 15 is 0 Å². The number of pyridine rings is 1. The molecular formula is C18H14ClF3N2O2. The molecule has 1 aliphatic rings. The SMILES string of the molecule is O=C(/C=C/c1ccccc1Cl)N1CC(Oc2cccc(C(F)(F)F)n2)C1. The summed E-state index contributed by atoms with van der Waals surface area (Å²) in [6, 6.07) is 10.6. The number of likely N-dealkylation sites (tertiary alicyclic amines) is 1. The fourth-order valence-electron chi connectivity index (χ4n) is 2.38. The monoisotopic (exact) mass is 382 g/mol. The van der Waals surface area contributed by atoms with Gasteiger partial charge in [0.05, 0.1) is 13.1 Å². The highest BCUT2D eigenvalue weighted by Crippen LogP contribution is 2.29. The Morgan fingerprint density at radius 1 is 1.19 bits per heavy atom. The predicted octanol–water partition coefficient (Wildman–Crippen LogP) is 4.06. The van der Waals surface area contributed by atoms with Gasteiger partial charge in [-0.15, -0.1) is 0 Å². The number of nitrogens with zero attached hydrogens (tertiary/aromatic N) is 2. The van der Waals surface area contributed by atoms with Gasteiger partial charge in [0, 0.05) is 17.2 Å². The van der Waals surface area contributed by atoms with Crippen molar-refractivity contribution in [2.45, 2.75) is 12.3 Å². The van der Waals surface area contributed by atoms with E-state index in [1.165, 1.54) is 23.1 Å². The maximum atomic E-state index is 12.6. The third-order valence-electron chi connectivity index (χ3n) is 3.77. The van der Waals surface area contributed by atoms with Gasteiger partial charge in [0.25, 0.3) is 0 Å². The number of carbonyl (C=O) groups is 1. The first kappa shape index (κ1) is 18.3. The molecule has 0 unspecified atom stereocenters. The number of rotatable bonds is 4. The maximum Gasteiger partial charge on any atom is 0.433 e. The van der Waals surface area contributed by atoms with E-state index in [0.29, 0.717) is 5.02 Å². The van der Waals surface area contributed by atoms with E-state index in [2.05, 4.69) is 4.98 Å². The molecule has 1 aromatic carbocycles. The molecule has 2 heterocycles. The quantitative estimate of drug-likeness (QED) is 0.749. The number of benzene rings is 1. The molecule has 8 heteroatoms. The molecule has 2 aromatic rings. The number of aromatic nitrogens is 1. The van der Waals surface area contributed by atoms with Gasteiger partial charge >= 0.3 is 6.18 Å². The van der Waals surface area contributed by atoms with E-state index < -0.39 is 11.9 Å². The van der Waals surface area contributed by atoms with Crippen LogP contribution in [0.2, 0.25) is 5.02 Å². The first-order chi connectivity index (χ1) is 12.3. The third kappa shape index (κ3) is 4.35. The average molecular weight is 383 g/mol. The highest BCUT2D eigenvalue weighted by Gasteiger charge is 2.34. The standard InChI is InChI=1S/C18H14ClF3N2O2/c19-14-5-2-1-4-12(14)8-9-17(25)24-10-13(11-24)26-16-7-3-6-15(23-16)18(20,21)22/h1-9,13H,10-11H2/b9-8+. The smallest absolute Gasteiger partial charge is 0.433 e. The second kappa shape index (κ2) is 7.37. The van der Waals surface area contributed by atoms with E-state index in [-0.39, 0.29) is 31.0 Å². The summed E-state index contributed by atoms with van der Waals surface area (Å²) in [5.74, 6) is -0.328. The summed E-state index contributed by atoms with van der Waals surface area (Å²) in [5.41, 5.74) is -0.283.